The van der Waals surface area contributed by atoms with E-state index in [0.717, 1.165) is 19.3 Å². The van der Waals surface area contributed by atoms with Crippen molar-refractivity contribution in [2.75, 3.05) is 36.5 Å². The lowest BCUT2D eigenvalue weighted by atomic mass is 10.2. The van der Waals surface area contributed by atoms with Gasteiger partial charge in [-0.1, -0.05) is 18.0 Å². The van der Waals surface area contributed by atoms with Gasteiger partial charge in [-0.05, 0) is 31.0 Å². The minimum Gasteiger partial charge on any atom is -0.396 e. The Kier molecular flexibility index (Phi) is 7.36. The van der Waals surface area contributed by atoms with Crippen LogP contribution in [0.3, 0.4) is 0 Å². The second kappa shape index (κ2) is 9.05. The highest BCUT2D eigenvalue weighted by Gasteiger charge is 2.28. The predicted molar refractivity (Wildman–Crippen MR) is 97.1 cm³/mol. The number of carbonyl (C=O) groups is 1. The van der Waals surface area contributed by atoms with Crippen LogP contribution in [0.5, 0.6) is 0 Å². The average molecular weight is 393 g/mol. The Morgan fingerprint density at radius 1 is 1.29 bits per heavy atom. The summed E-state index contributed by atoms with van der Waals surface area (Å²) in [6.45, 7) is 0.997. The van der Waals surface area contributed by atoms with Gasteiger partial charge in [0.2, 0.25) is 15.9 Å². The van der Waals surface area contributed by atoms with E-state index in [4.69, 9.17) is 16.7 Å². The molecule has 1 heterocycles. The van der Waals surface area contributed by atoms with Crippen molar-refractivity contribution in [2.24, 2.45) is 0 Å². The van der Waals surface area contributed by atoms with E-state index in [9.17, 15) is 13.2 Å². The zero-order valence-electron chi connectivity index (χ0n) is 13.2. The molecule has 1 aromatic rings. The summed E-state index contributed by atoms with van der Waals surface area (Å²) in [7, 11) is -3.66. The first-order valence-corrected chi connectivity index (χ1v) is 10.7. The number of nitrogens with zero attached hydrogens (tertiary/aromatic N) is 1. The van der Waals surface area contributed by atoms with E-state index < -0.39 is 10.0 Å². The molecule has 0 radical (unpaired) electrons. The third-order valence-electron chi connectivity index (χ3n) is 3.62. The van der Waals surface area contributed by atoms with Crippen LogP contribution >= 0.6 is 23.4 Å². The monoisotopic (exact) mass is 392 g/mol. The number of aliphatic hydroxyl groups is 1. The van der Waals surface area contributed by atoms with E-state index >= 15 is 0 Å². The Balaban J connectivity index is 2.14. The number of carbonyl (C=O) groups excluding carboxylic acids is 1. The van der Waals surface area contributed by atoms with E-state index in [1.165, 1.54) is 28.2 Å². The summed E-state index contributed by atoms with van der Waals surface area (Å²) >= 11 is 7.39. The topological polar surface area (TPSA) is 86.7 Å². The third-order valence-corrected chi connectivity index (χ3v) is 6.93. The number of anilines is 1. The van der Waals surface area contributed by atoms with Gasteiger partial charge < -0.3 is 10.4 Å². The van der Waals surface area contributed by atoms with E-state index in [0.29, 0.717) is 24.5 Å². The normalized spacial score (nSPS) is 16.1. The van der Waals surface area contributed by atoms with Crippen molar-refractivity contribution in [1.82, 2.24) is 4.31 Å². The number of hydrogen-bond acceptors (Lipinski definition) is 5. The maximum atomic E-state index is 12.8. The highest BCUT2D eigenvalue weighted by Crippen LogP contribution is 2.29. The third kappa shape index (κ3) is 5.10. The molecule has 24 heavy (non-hydrogen) atoms. The first-order valence-electron chi connectivity index (χ1n) is 7.73. The van der Waals surface area contributed by atoms with Gasteiger partial charge in [0, 0.05) is 24.5 Å². The number of nitrogens with one attached hydrogen (secondary N) is 1. The Hall–Kier alpha value is -0.800. The van der Waals surface area contributed by atoms with Crippen LogP contribution in [0.1, 0.15) is 19.3 Å². The molecule has 1 amide bonds. The van der Waals surface area contributed by atoms with Crippen molar-refractivity contribution in [3.05, 3.63) is 23.2 Å². The summed E-state index contributed by atoms with van der Waals surface area (Å²) in [5, 5.41) is 11.5. The summed E-state index contributed by atoms with van der Waals surface area (Å²) in [5.74, 6) is 0.414. The second-order valence-corrected chi connectivity index (χ2v) is 8.85. The molecule has 0 spiro atoms. The molecule has 1 aliphatic rings. The number of amides is 1. The molecule has 0 saturated carbocycles. The number of sulfonamides is 1. The molecule has 9 heteroatoms. The number of hydrogen-bond donors (Lipinski definition) is 2. The number of benzene rings is 1. The SMILES string of the molecule is O=C(CSCCO)Nc1ccc(Cl)c(S(=O)(=O)N2CCCCC2)c1. The lowest BCUT2D eigenvalue weighted by Gasteiger charge is -2.26. The molecule has 1 saturated heterocycles. The maximum absolute atomic E-state index is 12.8. The van der Waals surface area contributed by atoms with Gasteiger partial charge in [-0.25, -0.2) is 8.42 Å². The zero-order valence-corrected chi connectivity index (χ0v) is 15.6. The molecule has 0 atom stereocenters. The minimum atomic E-state index is -3.66. The van der Waals surface area contributed by atoms with Crippen LogP contribution in [0.4, 0.5) is 5.69 Å². The Labute approximate surface area is 151 Å². The summed E-state index contributed by atoms with van der Waals surface area (Å²) in [6.07, 6.45) is 2.71. The predicted octanol–water partition coefficient (Wildman–Crippen LogP) is 2.18. The van der Waals surface area contributed by atoms with Crippen molar-refractivity contribution < 1.29 is 18.3 Å². The highest BCUT2D eigenvalue weighted by molar-refractivity contribution is 7.99. The molecule has 6 nitrogen and oxygen atoms in total. The van der Waals surface area contributed by atoms with Crippen LogP contribution < -0.4 is 5.32 Å². The van der Waals surface area contributed by atoms with E-state index in [1.54, 1.807) is 6.07 Å². The Morgan fingerprint density at radius 3 is 2.67 bits per heavy atom. The number of aliphatic hydroxyl groups excluding tert-OH is 1. The van der Waals surface area contributed by atoms with Crippen molar-refractivity contribution in [3.63, 3.8) is 0 Å². The lowest BCUT2D eigenvalue weighted by Crippen LogP contribution is -2.35. The van der Waals surface area contributed by atoms with Gasteiger partial charge in [0.15, 0.2) is 0 Å². The number of rotatable bonds is 7. The number of thioether (sulfide) groups is 1. The van der Waals surface area contributed by atoms with Crippen LogP contribution in [0.2, 0.25) is 5.02 Å². The number of piperidine rings is 1. The van der Waals surface area contributed by atoms with Crippen molar-refractivity contribution in [1.29, 1.82) is 0 Å². The average Bonchev–Trinajstić information content (AvgIpc) is 2.57. The molecular formula is C15H21ClN2O4S2. The minimum absolute atomic E-state index is 0.0110. The summed E-state index contributed by atoms with van der Waals surface area (Å²) in [4.78, 5) is 11.8. The van der Waals surface area contributed by atoms with Gasteiger partial charge in [-0.2, -0.15) is 4.31 Å². The molecule has 2 rings (SSSR count). The molecule has 1 fully saturated rings. The molecule has 2 N–H and O–H groups in total. The molecule has 0 unspecified atom stereocenters. The van der Waals surface area contributed by atoms with Gasteiger partial charge in [-0.3, -0.25) is 4.79 Å². The molecular weight excluding hydrogens is 372 g/mol. The van der Waals surface area contributed by atoms with Gasteiger partial charge in [0.1, 0.15) is 4.90 Å². The van der Waals surface area contributed by atoms with Gasteiger partial charge in [0.05, 0.1) is 17.4 Å². The molecule has 1 aliphatic heterocycles. The van der Waals surface area contributed by atoms with E-state index in [2.05, 4.69) is 5.32 Å². The summed E-state index contributed by atoms with van der Waals surface area (Å²) in [6, 6.07) is 4.46. The standard InChI is InChI=1S/C15H21ClN2O4S2/c16-13-5-4-12(17-15(20)11-23-9-8-19)10-14(13)24(21,22)18-6-2-1-3-7-18/h4-5,10,19H,1-3,6-9,11H2,(H,17,20). The highest BCUT2D eigenvalue weighted by atomic mass is 35.5. The maximum Gasteiger partial charge on any atom is 0.244 e. The van der Waals surface area contributed by atoms with Crippen LogP contribution in [-0.4, -0.2) is 54.9 Å². The fourth-order valence-electron chi connectivity index (χ4n) is 2.45. The van der Waals surface area contributed by atoms with Crippen molar-refractivity contribution in [2.45, 2.75) is 24.2 Å². The quantitative estimate of drug-likeness (QED) is 0.694. The first kappa shape index (κ1) is 19.5. The van der Waals surface area contributed by atoms with E-state index in [1.807, 2.05) is 0 Å². The van der Waals surface area contributed by atoms with Crippen LogP contribution in [0.15, 0.2) is 23.1 Å². The summed E-state index contributed by atoms with van der Waals surface area (Å²) < 4.78 is 27.0. The lowest BCUT2D eigenvalue weighted by molar-refractivity contribution is -0.113. The Bertz CT molecular complexity index is 676. The Morgan fingerprint density at radius 2 is 2.00 bits per heavy atom. The van der Waals surface area contributed by atoms with Crippen LogP contribution in [0, 0.1) is 0 Å². The van der Waals surface area contributed by atoms with Gasteiger partial charge >= 0.3 is 0 Å². The molecule has 0 aliphatic carbocycles. The number of halogens is 1. The van der Waals surface area contributed by atoms with Crippen LogP contribution in [-0.2, 0) is 14.8 Å². The molecule has 0 aromatic heterocycles. The van der Waals surface area contributed by atoms with Crippen molar-refractivity contribution in [3.8, 4) is 0 Å². The smallest absolute Gasteiger partial charge is 0.244 e. The molecule has 134 valence electrons. The largest absolute Gasteiger partial charge is 0.396 e. The first-order chi connectivity index (χ1) is 11.4. The van der Waals surface area contributed by atoms with Gasteiger partial charge in [0.25, 0.3) is 0 Å². The zero-order chi connectivity index (χ0) is 17.6. The molecule has 0 bridgehead atoms. The summed E-state index contributed by atoms with van der Waals surface area (Å²) in [5.41, 5.74) is 0.393. The second-order valence-electron chi connectivity index (χ2n) is 5.43. The fourth-order valence-corrected chi connectivity index (χ4v) is 5.00. The fraction of sp³-hybridized carbons (Fsp3) is 0.533. The van der Waals surface area contributed by atoms with E-state index in [-0.39, 0.29) is 28.2 Å². The van der Waals surface area contributed by atoms with Crippen LogP contribution in [0.25, 0.3) is 0 Å². The van der Waals surface area contributed by atoms with Crippen molar-refractivity contribution >= 4 is 45.0 Å². The van der Waals surface area contributed by atoms with Gasteiger partial charge in [-0.15, -0.1) is 11.8 Å². The molecule has 1 aromatic carbocycles.